The van der Waals surface area contributed by atoms with Crippen molar-refractivity contribution >= 4 is 28.3 Å². The molecule has 2 N–H and O–H groups in total. The molecule has 3 fully saturated rings. The number of anilines is 1. The van der Waals surface area contributed by atoms with Crippen LogP contribution in [-0.4, -0.2) is 98.1 Å². The first-order valence-electron chi connectivity index (χ1n) is 16.0. The van der Waals surface area contributed by atoms with Crippen LogP contribution in [0, 0.1) is 6.92 Å². The van der Waals surface area contributed by atoms with Crippen LogP contribution in [0.5, 0.6) is 5.88 Å². The van der Waals surface area contributed by atoms with E-state index in [1.165, 1.54) is 0 Å². The van der Waals surface area contributed by atoms with E-state index in [4.69, 9.17) is 4.74 Å². The summed E-state index contributed by atoms with van der Waals surface area (Å²) in [6, 6.07) is 22.6. The Balaban J connectivity index is 1.08. The molecule has 0 saturated carbocycles. The average molecular weight is 605 g/mol. The lowest BCUT2D eigenvalue weighted by molar-refractivity contribution is 0.0535. The van der Waals surface area contributed by atoms with Crippen LogP contribution < -0.4 is 20.3 Å². The third-order valence-electron chi connectivity index (χ3n) is 9.10. The van der Waals surface area contributed by atoms with E-state index in [2.05, 4.69) is 56.9 Å². The summed E-state index contributed by atoms with van der Waals surface area (Å²) in [6.07, 6.45) is 2.60. The van der Waals surface area contributed by atoms with E-state index in [0.29, 0.717) is 43.2 Å². The Morgan fingerprint density at radius 3 is 2.24 bits per heavy atom. The Morgan fingerprint density at radius 2 is 1.51 bits per heavy atom. The second-order valence-electron chi connectivity index (χ2n) is 12.2. The molecular weight excluding hydrogens is 564 g/mol. The molecule has 4 aromatic rings. The minimum Gasteiger partial charge on any atom is -0.473 e. The molecule has 3 aliphatic heterocycles. The topological polar surface area (TPSA) is 90.0 Å². The summed E-state index contributed by atoms with van der Waals surface area (Å²) in [7, 11) is 0. The molecule has 3 aromatic carbocycles. The molecule has 3 saturated heterocycles. The first-order valence-corrected chi connectivity index (χ1v) is 16.0. The van der Waals surface area contributed by atoms with Crippen LogP contribution in [0.15, 0.2) is 72.9 Å². The predicted octanol–water partition coefficient (Wildman–Crippen LogP) is 3.96. The lowest BCUT2D eigenvalue weighted by Gasteiger charge is -2.35. The van der Waals surface area contributed by atoms with Gasteiger partial charge in [0.2, 0.25) is 5.88 Å². The maximum Gasteiger partial charge on any atom is 0.255 e. The van der Waals surface area contributed by atoms with Crippen LogP contribution >= 0.6 is 0 Å². The summed E-state index contributed by atoms with van der Waals surface area (Å²) in [4.78, 5) is 38.1. The molecule has 0 unspecified atom stereocenters. The SMILES string of the molecule is Cc1cc(C(=O)N2CCN(C(=O)c3cnc(O[C@H]4CCNC4)c(-c4ccc5ccccc5c4)c3)CC2)cc(N2CCNCC2)c1. The molecular formula is C36H40N6O3. The van der Waals surface area contributed by atoms with Crippen LogP contribution in [0.2, 0.25) is 0 Å². The third kappa shape index (κ3) is 6.36. The van der Waals surface area contributed by atoms with E-state index in [0.717, 1.165) is 78.8 Å². The number of amides is 2. The quantitative estimate of drug-likeness (QED) is 0.345. The number of carbonyl (C=O) groups excluding carboxylic acids is 2. The molecule has 9 heteroatoms. The minimum atomic E-state index is -0.0812. The Labute approximate surface area is 264 Å². The van der Waals surface area contributed by atoms with Crippen molar-refractivity contribution in [3.05, 3.63) is 89.6 Å². The van der Waals surface area contributed by atoms with Gasteiger partial charge in [0.05, 0.1) is 5.56 Å². The maximum atomic E-state index is 13.8. The van der Waals surface area contributed by atoms with Gasteiger partial charge in [-0.1, -0.05) is 36.4 Å². The fourth-order valence-electron chi connectivity index (χ4n) is 6.58. The van der Waals surface area contributed by atoms with Gasteiger partial charge in [0, 0.05) is 81.9 Å². The van der Waals surface area contributed by atoms with Gasteiger partial charge >= 0.3 is 0 Å². The number of aryl methyl sites for hydroxylation is 1. The van der Waals surface area contributed by atoms with E-state index in [9.17, 15) is 9.59 Å². The van der Waals surface area contributed by atoms with Crippen LogP contribution in [0.1, 0.15) is 32.7 Å². The number of nitrogens with zero attached hydrogens (tertiary/aromatic N) is 4. The summed E-state index contributed by atoms with van der Waals surface area (Å²) >= 11 is 0. The Kier molecular flexibility index (Phi) is 8.37. The van der Waals surface area contributed by atoms with Crippen molar-refractivity contribution in [1.82, 2.24) is 25.4 Å². The van der Waals surface area contributed by atoms with Crippen molar-refractivity contribution in [2.75, 3.05) is 70.3 Å². The molecule has 1 aromatic heterocycles. The first-order chi connectivity index (χ1) is 22.0. The highest BCUT2D eigenvalue weighted by Crippen LogP contribution is 2.33. The molecule has 0 aliphatic carbocycles. The number of hydrogen-bond donors (Lipinski definition) is 2. The molecule has 0 bridgehead atoms. The van der Waals surface area contributed by atoms with Crippen LogP contribution in [0.4, 0.5) is 5.69 Å². The molecule has 2 amide bonds. The number of rotatable bonds is 6. The Morgan fingerprint density at radius 1 is 0.778 bits per heavy atom. The average Bonchev–Trinajstić information content (AvgIpc) is 3.61. The molecule has 4 heterocycles. The smallest absolute Gasteiger partial charge is 0.255 e. The van der Waals surface area contributed by atoms with Crippen molar-refractivity contribution in [2.45, 2.75) is 19.4 Å². The molecule has 1 atom stereocenters. The number of carbonyl (C=O) groups is 2. The highest BCUT2D eigenvalue weighted by Gasteiger charge is 2.28. The van der Waals surface area contributed by atoms with Gasteiger partial charge < -0.3 is 30.1 Å². The molecule has 232 valence electrons. The van der Waals surface area contributed by atoms with Gasteiger partial charge in [-0.3, -0.25) is 9.59 Å². The van der Waals surface area contributed by atoms with Gasteiger partial charge in [-0.2, -0.15) is 0 Å². The molecule has 3 aliphatic rings. The van der Waals surface area contributed by atoms with Crippen molar-refractivity contribution in [1.29, 1.82) is 0 Å². The number of benzene rings is 3. The number of fused-ring (bicyclic) bond motifs is 1. The van der Waals surface area contributed by atoms with Crippen molar-refractivity contribution in [2.24, 2.45) is 0 Å². The van der Waals surface area contributed by atoms with E-state index in [1.54, 1.807) is 6.20 Å². The zero-order valence-electron chi connectivity index (χ0n) is 25.8. The summed E-state index contributed by atoms with van der Waals surface area (Å²) in [6.45, 7) is 9.41. The van der Waals surface area contributed by atoms with Gasteiger partial charge in [-0.05, 0) is 72.1 Å². The Bertz CT molecular complexity index is 1700. The van der Waals surface area contributed by atoms with Crippen LogP contribution in [0.25, 0.3) is 21.9 Å². The monoisotopic (exact) mass is 604 g/mol. The third-order valence-corrected chi connectivity index (χ3v) is 9.10. The fourth-order valence-corrected chi connectivity index (χ4v) is 6.58. The van der Waals surface area contributed by atoms with Crippen molar-refractivity contribution < 1.29 is 14.3 Å². The van der Waals surface area contributed by atoms with E-state index in [1.807, 2.05) is 47.1 Å². The molecule has 9 nitrogen and oxygen atoms in total. The Hall–Kier alpha value is -4.47. The van der Waals surface area contributed by atoms with Gasteiger partial charge in [0.15, 0.2) is 0 Å². The zero-order chi connectivity index (χ0) is 30.8. The predicted molar refractivity (Wildman–Crippen MR) is 177 cm³/mol. The van der Waals surface area contributed by atoms with Crippen molar-refractivity contribution in [3.63, 3.8) is 0 Å². The van der Waals surface area contributed by atoms with Gasteiger partial charge in [0.1, 0.15) is 6.10 Å². The largest absolute Gasteiger partial charge is 0.473 e. The summed E-state index contributed by atoms with van der Waals surface area (Å²) < 4.78 is 6.34. The lowest BCUT2D eigenvalue weighted by atomic mass is 10.0. The maximum absolute atomic E-state index is 13.8. The van der Waals surface area contributed by atoms with Crippen LogP contribution in [0.3, 0.4) is 0 Å². The summed E-state index contributed by atoms with van der Waals surface area (Å²) in [5.74, 6) is 0.483. The zero-order valence-corrected chi connectivity index (χ0v) is 25.8. The number of piperazine rings is 2. The molecule has 0 radical (unpaired) electrons. The fraction of sp³-hybridized carbons (Fsp3) is 0.361. The minimum absolute atomic E-state index is 0.0188. The van der Waals surface area contributed by atoms with E-state index < -0.39 is 0 Å². The number of pyridine rings is 1. The number of aromatic nitrogens is 1. The summed E-state index contributed by atoms with van der Waals surface area (Å²) in [5, 5.41) is 9.01. The van der Waals surface area contributed by atoms with Crippen molar-refractivity contribution in [3.8, 4) is 17.0 Å². The first kappa shape index (κ1) is 29.3. The van der Waals surface area contributed by atoms with Crippen LogP contribution in [-0.2, 0) is 0 Å². The van der Waals surface area contributed by atoms with Gasteiger partial charge in [-0.25, -0.2) is 4.98 Å². The molecule has 0 spiro atoms. The van der Waals surface area contributed by atoms with Gasteiger partial charge in [0.25, 0.3) is 11.8 Å². The summed E-state index contributed by atoms with van der Waals surface area (Å²) in [5.41, 5.74) is 5.18. The highest BCUT2D eigenvalue weighted by molar-refractivity contribution is 5.98. The number of nitrogens with one attached hydrogen (secondary N) is 2. The number of hydrogen-bond acceptors (Lipinski definition) is 7. The molecule has 7 rings (SSSR count). The second-order valence-corrected chi connectivity index (χ2v) is 12.2. The van der Waals surface area contributed by atoms with Gasteiger partial charge in [-0.15, -0.1) is 0 Å². The lowest BCUT2D eigenvalue weighted by Crippen LogP contribution is -2.50. The normalized spacial score (nSPS) is 18.8. The standard InChI is InChI=1S/C36H40N6O3/c1-25-18-29(21-31(19-25)40-12-10-37-11-13-40)35(43)41-14-16-42(17-15-41)36(44)30-22-33(34(39-23-30)45-32-8-9-38-24-32)28-7-6-26-4-2-3-5-27(26)20-28/h2-7,18-23,32,37-38H,8-17,24H2,1H3/t32-/m0/s1. The highest BCUT2D eigenvalue weighted by atomic mass is 16.5. The number of ether oxygens (including phenoxy) is 1. The second kappa shape index (κ2) is 12.9. The van der Waals surface area contributed by atoms with E-state index in [-0.39, 0.29) is 17.9 Å². The van der Waals surface area contributed by atoms with E-state index >= 15 is 0 Å². The molecule has 45 heavy (non-hydrogen) atoms.